The molecule has 0 aromatic heterocycles. The topological polar surface area (TPSA) is 20.2 Å². The minimum atomic E-state index is -0.524. The normalized spacial score (nSPS) is 13.1. The van der Waals surface area contributed by atoms with Crippen molar-refractivity contribution in [3.8, 4) is 0 Å². The zero-order chi connectivity index (χ0) is 9.30. The van der Waals surface area contributed by atoms with E-state index in [1.165, 1.54) is 6.07 Å². The lowest BCUT2D eigenvalue weighted by Crippen LogP contribution is -1.98. The number of halogens is 1. The first-order valence-corrected chi connectivity index (χ1v) is 3.97. The van der Waals surface area contributed by atoms with E-state index in [9.17, 15) is 9.50 Å². The Labute approximate surface area is 71.9 Å². The van der Waals surface area contributed by atoms with Crippen LogP contribution in [-0.2, 0) is 0 Å². The summed E-state index contributed by atoms with van der Waals surface area (Å²) in [5.74, 6) is -0.211. The van der Waals surface area contributed by atoms with Crippen LogP contribution in [0.25, 0.3) is 0 Å². The van der Waals surface area contributed by atoms with Crippen LogP contribution in [0.5, 0.6) is 0 Å². The average molecular weight is 168 g/mol. The maximum atomic E-state index is 12.9. The molecule has 1 unspecified atom stereocenters. The molecule has 0 radical (unpaired) electrons. The number of hydrogen-bond acceptors (Lipinski definition) is 1. The molecule has 0 heterocycles. The van der Waals surface area contributed by atoms with E-state index in [0.29, 0.717) is 5.56 Å². The molecule has 1 nitrogen and oxygen atoms in total. The highest BCUT2D eigenvalue weighted by molar-refractivity contribution is 5.35. The summed E-state index contributed by atoms with van der Waals surface area (Å²) in [5.41, 5.74) is 2.26. The van der Waals surface area contributed by atoms with E-state index in [0.717, 1.165) is 11.1 Å². The molecule has 0 bridgehead atoms. The van der Waals surface area contributed by atoms with Crippen molar-refractivity contribution in [2.45, 2.75) is 26.9 Å². The summed E-state index contributed by atoms with van der Waals surface area (Å²) >= 11 is 0. The molecular weight excluding hydrogens is 155 g/mol. The van der Waals surface area contributed by atoms with Crippen LogP contribution in [0.3, 0.4) is 0 Å². The summed E-state index contributed by atoms with van der Waals surface area (Å²) in [6.07, 6.45) is -0.524. The summed E-state index contributed by atoms with van der Waals surface area (Å²) in [6, 6.07) is 3.02. The van der Waals surface area contributed by atoms with E-state index in [2.05, 4.69) is 0 Å². The van der Waals surface area contributed by atoms with Gasteiger partial charge in [0.1, 0.15) is 5.82 Å². The summed E-state index contributed by atoms with van der Waals surface area (Å²) in [7, 11) is 0. The lowest BCUT2D eigenvalue weighted by Gasteiger charge is -2.11. The third-order valence-corrected chi connectivity index (χ3v) is 2.21. The zero-order valence-corrected chi connectivity index (χ0v) is 7.56. The Morgan fingerprint density at radius 2 is 1.83 bits per heavy atom. The Balaban J connectivity index is 3.27. The van der Waals surface area contributed by atoms with Gasteiger partial charge in [0.2, 0.25) is 0 Å². The van der Waals surface area contributed by atoms with E-state index < -0.39 is 6.10 Å². The van der Waals surface area contributed by atoms with Gasteiger partial charge in [-0.25, -0.2) is 4.39 Å². The highest BCUT2D eigenvalue weighted by atomic mass is 19.1. The quantitative estimate of drug-likeness (QED) is 0.683. The van der Waals surface area contributed by atoms with Crippen molar-refractivity contribution >= 4 is 0 Å². The van der Waals surface area contributed by atoms with Crippen LogP contribution in [0.4, 0.5) is 4.39 Å². The zero-order valence-electron chi connectivity index (χ0n) is 7.56. The second-order valence-electron chi connectivity index (χ2n) is 3.06. The molecule has 0 spiro atoms. The third-order valence-electron chi connectivity index (χ3n) is 2.21. The Kier molecular flexibility index (Phi) is 2.48. The van der Waals surface area contributed by atoms with Gasteiger partial charge in [-0.3, -0.25) is 0 Å². The van der Waals surface area contributed by atoms with Crippen molar-refractivity contribution in [2.75, 3.05) is 0 Å². The molecule has 1 rings (SSSR count). The Morgan fingerprint density at radius 1 is 1.25 bits per heavy atom. The summed E-state index contributed by atoms with van der Waals surface area (Å²) in [4.78, 5) is 0. The van der Waals surface area contributed by atoms with Gasteiger partial charge >= 0.3 is 0 Å². The minimum absolute atomic E-state index is 0.211. The van der Waals surface area contributed by atoms with E-state index >= 15 is 0 Å². The second-order valence-corrected chi connectivity index (χ2v) is 3.06. The molecular formula is C10H13FO. The fourth-order valence-corrected chi connectivity index (χ4v) is 1.26. The maximum Gasteiger partial charge on any atom is 0.126 e. The Morgan fingerprint density at radius 3 is 2.33 bits per heavy atom. The molecule has 2 heteroatoms. The van der Waals surface area contributed by atoms with Crippen molar-refractivity contribution in [2.24, 2.45) is 0 Å². The average Bonchev–Trinajstić information content (AvgIpc) is 2.00. The van der Waals surface area contributed by atoms with Crippen LogP contribution in [0.15, 0.2) is 12.1 Å². The molecule has 1 atom stereocenters. The summed E-state index contributed by atoms with van der Waals surface area (Å²) in [5, 5.41) is 9.30. The monoisotopic (exact) mass is 168 g/mol. The van der Waals surface area contributed by atoms with Crippen LogP contribution in [0.2, 0.25) is 0 Å². The lowest BCUT2D eigenvalue weighted by atomic mass is 10.00. The second kappa shape index (κ2) is 3.23. The molecule has 0 amide bonds. The van der Waals surface area contributed by atoms with Crippen LogP contribution < -0.4 is 0 Å². The highest BCUT2D eigenvalue weighted by Gasteiger charge is 2.08. The van der Waals surface area contributed by atoms with Crippen molar-refractivity contribution < 1.29 is 9.50 Å². The van der Waals surface area contributed by atoms with Gasteiger partial charge < -0.3 is 5.11 Å². The number of aliphatic hydroxyl groups excluding tert-OH is 1. The molecule has 0 aliphatic rings. The molecule has 1 aromatic carbocycles. The van der Waals surface area contributed by atoms with E-state index in [1.807, 2.05) is 6.92 Å². The first-order chi connectivity index (χ1) is 5.54. The van der Waals surface area contributed by atoms with Crippen molar-refractivity contribution in [1.29, 1.82) is 0 Å². The van der Waals surface area contributed by atoms with Gasteiger partial charge in [0.25, 0.3) is 0 Å². The maximum absolute atomic E-state index is 12.9. The predicted octanol–water partition coefficient (Wildman–Crippen LogP) is 2.50. The van der Waals surface area contributed by atoms with Crippen molar-refractivity contribution in [3.63, 3.8) is 0 Å². The molecule has 1 N–H and O–H groups in total. The first kappa shape index (κ1) is 9.20. The molecule has 66 valence electrons. The largest absolute Gasteiger partial charge is 0.389 e. The fourth-order valence-electron chi connectivity index (χ4n) is 1.26. The molecule has 0 aliphatic heterocycles. The van der Waals surface area contributed by atoms with Gasteiger partial charge in [-0.2, -0.15) is 0 Å². The standard InChI is InChI=1S/C10H13FO/c1-6-7(2)10(11)5-4-9(6)8(3)12/h4-5,8,12H,1-3H3. The van der Waals surface area contributed by atoms with Gasteiger partial charge in [0.15, 0.2) is 0 Å². The van der Waals surface area contributed by atoms with Gasteiger partial charge in [0, 0.05) is 0 Å². The van der Waals surface area contributed by atoms with E-state index in [1.54, 1.807) is 19.9 Å². The molecule has 0 saturated carbocycles. The number of rotatable bonds is 1. The smallest absolute Gasteiger partial charge is 0.126 e. The molecule has 12 heavy (non-hydrogen) atoms. The fraction of sp³-hybridized carbons (Fsp3) is 0.400. The first-order valence-electron chi connectivity index (χ1n) is 3.97. The van der Waals surface area contributed by atoms with Crippen molar-refractivity contribution in [3.05, 3.63) is 34.6 Å². The highest BCUT2D eigenvalue weighted by Crippen LogP contribution is 2.21. The predicted molar refractivity (Wildman–Crippen MR) is 46.5 cm³/mol. The molecule has 0 aliphatic carbocycles. The van der Waals surface area contributed by atoms with E-state index in [4.69, 9.17) is 0 Å². The van der Waals surface area contributed by atoms with Gasteiger partial charge in [-0.05, 0) is 43.5 Å². The molecule has 0 saturated heterocycles. The minimum Gasteiger partial charge on any atom is -0.389 e. The summed E-state index contributed by atoms with van der Waals surface area (Å²) in [6.45, 7) is 5.22. The summed E-state index contributed by atoms with van der Waals surface area (Å²) < 4.78 is 12.9. The molecule has 0 fully saturated rings. The Bertz CT molecular complexity index is 292. The lowest BCUT2D eigenvalue weighted by molar-refractivity contribution is 0.198. The van der Waals surface area contributed by atoms with Gasteiger partial charge in [0.05, 0.1) is 6.10 Å². The van der Waals surface area contributed by atoms with Crippen LogP contribution in [0.1, 0.15) is 29.7 Å². The molecule has 1 aromatic rings. The van der Waals surface area contributed by atoms with Crippen LogP contribution in [0, 0.1) is 19.7 Å². The number of benzene rings is 1. The third kappa shape index (κ3) is 1.48. The van der Waals surface area contributed by atoms with Crippen LogP contribution >= 0.6 is 0 Å². The van der Waals surface area contributed by atoms with Gasteiger partial charge in [-0.15, -0.1) is 0 Å². The van der Waals surface area contributed by atoms with Gasteiger partial charge in [-0.1, -0.05) is 6.07 Å². The number of aliphatic hydroxyl groups is 1. The SMILES string of the molecule is Cc1c(F)ccc(C(C)O)c1C. The Hall–Kier alpha value is -0.890. The van der Waals surface area contributed by atoms with Crippen molar-refractivity contribution in [1.82, 2.24) is 0 Å². The number of hydrogen-bond donors (Lipinski definition) is 1. The van der Waals surface area contributed by atoms with E-state index in [-0.39, 0.29) is 5.82 Å². The van der Waals surface area contributed by atoms with Crippen LogP contribution in [-0.4, -0.2) is 5.11 Å².